The van der Waals surface area contributed by atoms with E-state index in [1.165, 1.54) is 18.2 Å². The Morgan fingerprint density at radius 1 is 1.12 bits per heavy atom. The molecule has 1 saturated heterocycles. The molecule has 2 aromatic carbocycles. The monoisotopic (exact) mass is 374 g/mol. The van der Waals surface area contributed by atoms with Crippen LogP contribution in [0.25, 0.3) is 0 Å². The van der Waals surface area contributed by atoms with Gasteiger partial charge >= 0.3 is 0 Å². The van der Waals surface area contributed by atoms with Crippen LogP contribution in [0.5, 0.6) is 0 Å². The fourth-order valence-corrected chi connectivity index (χ4v) is 5.46. The maximum atomic E-state index is 13.5. The van der Waals surface area contributed by atoms with Crippen molar-refractivity contribution in [3.8, 4) is 0 Å². The van der Waals surface area contributed by atoms with E-state index in [1.807, 2.05) is 6.07 Å². The quantitative estimate of drug-likeness (QED) is 0.891. The number of fused-ring (bicyclic) bond motifs is 3. The van der Waals surface area contributed by atoms with Crippen molar-refractivity contribution in [2.24, 2.45) is 0 Å². The number of benzene rings is 2. The van der Waals surface area contributed by atoms with Gasteiger partial charge in [0.2, 0.25) is 9.84 Å². The van der Waals surface area contributed by atoms with Crippen molar-refractivity contribution < 1.29 is 12.8 Å². The molecular weight excluding hydrogens is 351 g/mol. The van der Waals surface area contributed by atoms with E-state index in [0.29, 0.717) is 12.0 Å². The Morgan fingerprint density at radius 3 is 2.65 bits per heavy atom. The molecule has 1 N–H and O–H groups in total. The number of halogens is 1. The smallest absolute Gasteiger partial charge is 0.206 e. The molecule has 0 aromatic heterocycles. The molecule has 0 aliphatic carbocycles. The van der Waals surface area contributed by atoms with Gasteiger partial charge in [-0.3, -0.25) is 0 Å². The molecule has 0 spiro atoms. The van der Waals surface area contributed by atoms with Crippen LogP contribution >= 0.6 is 0 Å². The van der Waals surface area contributed by atoms with E-state index in [4.69, 9.17) is 0 Å². The van der Waals surface area contributed by atoms with E-state index in [-0.39, 0.29) is 9.79 Å². The predicted molar refractivity (Wildman–Crippen MR) is 99.8 cm³/mol. The number of nitrogens with one attached hydrogen (secondary N) is 1. The SMILES string of the molecule is CCN1CC[C@@H]2Nc3ccc(S(=O)(=O)c4cccc(F)c4)cc3[C@H]2CC1. The highest BCUT2D eigenvalue weighted by Crippen LogP contribution is 2.42. The Bertz CT molecular complexity index is 929. The molecule has 2 aliphatic rings. The largest absolute Gasteiger partial charge is 0.381 e. The van der Waals surface area contributed by atoms with Crippen molar-refractivity contribution in [1.29, 1.82) is 0 Å². The van der Waals surface area contributed by atoms with Gasteiger partial charge in [-0.25, -0.2) is 12.8 Å². The molecule has 2 aromatic rings. The van der Waals surface area contributed by atoms with Gasteiger partial charge in [-0.2, -0.15) is 0 Å². The maximum absolute atomic E-state index is 13.5. The third kappa shape index (κ3) is 3.01. The molecule has 2 heterocycles. The van der Waals surface area contributed by atoms with Crippen molar-refractivity contribution >= 4 is 15.5 Å². The molecule has 2 aliphatic heterocycles. The first-order valence-corrected chi connectivity index (χ1v) is 10.6. The molecule has 138 valence electrons. The molecule has 26 heavy (non-hydrogen) atoms. The lowest BCUT2D eigenvalue weighted by Crippen LogP contribution is -2.25. The van der Waals surface area contributed by atoms with Gasteiger partial charge in [0, 0.05) is 24.2 Å². The first kappa shape index (κ1) is 17.5. The summed E-state index contributed by atoms with van der Waals surface area (Å²) in [6, 6.07) is 10.8. The van der Waals surface area contributed by atoms with Gasteiger partial charge in [-0.15, -0.1) is 0 Å². The van der Waals surface area contributed by atoms with E-state index in [1.54, 1.807) is 12.1 Å². The van der Waals surface area contributed by atoms with Crippen LogP contribution in [0, 0.1) is 5.82 Å². The molecule has 4 nitrogen and oxygen atoms in total. The predicted octanol–water partition coefficient (Wildman–Crippen LogP) is 3.65. The number of anilines is 1. The molecular formula is C20H23FN2O2S. The van der Waals surface area contributed by atoms with Crippen LogP contribution in [0.2, 0.25) is 0 Å². The van der Waals surface area contributed by atoms with E-state index in [9.17, 15) is 12.8 Å². The minimum Gasteiger partial charge on any atom is -0.381 e. The fourth-order valence-electron chi connectivity index (χ4n) is 4.13. The Hall–Kier alpha value is -1.92. The van der Waals surface area contributed by atoms with Crippen molar-refractivity contribution in [2.45, 2.75) is 41.5 Å². The molecule has 6 heteroatoms. The summed E-state index contributed by atoms with van der Waals surface area (Å²) >= 11 is 0. The topological polar surface area (TPSA) is 49.4 Å². The number of sulfone groups is 1. The van der Waals surface area contributed by atoms with Crippen LogP contribution in [0.1, 0.15) is 31.2 Å². The molecule has 0 bridgehead atoms. The minimum absolute atomic E-state index is 0.00187. The number of hydrogen-bond acceptors (Lipinski definition) is 4. The zero-order valence-electron chi connectivity index (χ0n) is 14.8. The summed E-state index contributed by atoms with van der Waals surface area (Å²) in [6.07, 6.45) is 2.07. The summed E-state index contributed by atoms with van der Waals surface area (Å²) in [6.45, 7) is 5.30. The molecule has 0 saturated carbocycles. The summed E-state index contributed by atoms with van der Waals surface area (Å²) in [7, 11) is -3.72. The van der Waals surface area contributed by atoms with E-state index in [2.05, 4.69) is 17.1 Å². The second-order valence-corrected chi connectivity index (χ2v) is 9.03. The third-order valence-corrected chi connectivity index (χ3v) is 7.37. The summed E-state index contributed by atoms with van der Waals surface area (Å²) in [4.78, 5) is 2.67. The van der Waals surface area contributed by atoms with Crippen molar-refractivity contribution in [2.75, 3.05) is 25.0 Å². The standard InChI is InChI=1S/C20H23FN2O2S/c1-2-23-10-8-17-18-13-16(6-7-19(18)22-20(17)9-11-23)26(24,25)15-5-3-4-14(21)12-15/h3-7,12-13,17,20,22H,2,8-11H2,1H3/t17-,20+/m1/s1. The van der Waals surface area contributed by atoms with Crippen LogP contribution in [0.3, 0.4) is 0 Å². The Morgan fingerprint density at radius 2 is 1.88 bits per heavy atom. The van der Waals surface area contributed by atoms with E-state index < -0.39 is 15.7 Å². The van der Waals surface area contributed by atoms with E-state index >= 15 is 0 Å². The lowest BCUT2D eigenvalue weighted by Gasteiger charge is -2.17. The van der Waals surface area contributed by atoms with Gasteiger partial charge in [-0.1, -0.05) is 13.0 Å². The first-order chi connectivity index (χ1) is 12.5. The number of hydrogen-bond donors (Lipinski definition) is 1. The Balaban J connectivity index is 1.69. The Kier molecular flexibility index (Phi) is 4.49. The number of likely N-dealkylation sites (tertiary alicyclic amines) is 1. The second-order valence-electron chi connectivity index (χ2n) is 7.08. The molecule has 0 radical (unpaired) electrons. The van der Waals surface area contributed by atoms with Gasteiger partial charge in [-0.05, 0) is 67.9 Å². The normalized spacial score (nSPS) is 23.0. The van der Waals surface area contributed by atoms with Crippen LogP contribution in [-0.2, 0) is 9.84 Å². The number of rotatable bonds is 3. The van der Waals surface area contributed by atoms with Crippen LogP contribution < -0.4 is 5.32 Å². The average molecular weight is 374 g/mol. The summed E-state index contributed by atoms with van der Waals surface area (Å²) in [5, 5.41) is 3.57. The average Bonchev–Trinajstić information content (AvgIpc) is 2.85. The Labute approximate surface area is 153 Å². The second kappa shape index (κ2) is 6.67. The third-order valence-electron chi connectivity index (χ3n) is 5.63. The van der Waals surface area contributed by atoms with Gasteiger partial charge < -0.3 is 10.2 Å². The summed E-state index contributed by atoms with van der Waals surface area (Å²) in [5.74, 6) is -0.221. The first-order valence-electron chi connectivity index (χ1n) is 9.12. The molecule has 0 amide bonds. The lowest BCUT2D eigenvalue weighted by molar-refractivity contribution is 0.298. The van der Waals surface area contributed by atoms with Crippen LogP contribution in [-0.4, -0.2) is 39.0 Å². The van der Waals surface area contributed by atoms with E-state index in [0.717, 1.165) is 49.8 Å². The zero-order valence-corrected chi connectivity index (χ0v) is 15.6. The highest BCUT2D eigenvalue weighted by atomic mass is 32.2. The van der Waals surface area contributed by atoms with Gasteiger partial charge in [0.1, 0.15) is 5.82 Å². The van der Waals surface area contributed by atoms with Gasteiger partial charge in [0.05, 0.1) is 9.79 Å². The van der Waals surface area contributed by atoms with Crippen molar-refractivity contribution in [3.63, 3.8) is 0 Å². The minimum atomic E-state index is -3.72. The molecule has 0 unspecified atom stereocenters. The van der Waals surface area contributed by atoms with Gasteiger partial charge in [0.15, 0.2) is 0 Å². The van der Waals surface area contributed by atoms with Crippen LogP contribution in [0.15, 0.2) is 52.3 Å². The highest BCUT2D eigenvalue weighted by Gasteiger charge is 2.35. The maximum Gasteiger partial charge on any atom is 0.206 e. The number of nitrogens with zero attached hydrogens (tertiary/aromatic N) is 1. The highest BCUT2D eigenvalue weighted by molar-refractivity contribution is 7.91. The molecule has 2 atom stereocenters. The lowest BCUT2D eigenvalue weighted by atomic mass is 9.91. The van der Waals surface area contributed by atoms with Gasteiger partial charge in [0.25, 0.3) is 0 Å². The van der Waals surface area contributed by atoms with Crippen molar-refractivity contribution in [1.82, 2.24) is 4.90 Å². The van der Waals surface area contributed by atoms with Crippen LogP contribution in [0.4, 0.5) is 10.1 Å². The summed E-state index contributed by atoms with van der Waals surface area (Å²) < 4.78 is 39.3. The molecule has 4 rings (SSSR count). The summed E-state index contributed by atoms with van der Waals surface area (Å²) in [5.41, 5.74) is 2.11. The molecule has 1 fully saturated rings. The van der Waals surface area contributed by atoms with Crippen molar-refractivity contribution in [3.05, 3.63) is 53.8 Å². The fraction of sp³-hybridized carbons (Fsp3) is 0.400. The zero-order chi connectivity index (χ0) is 18.3.